The number of rotatable bonds is 0. The van der Waals surface area contributed by atoms with Crippen molar-refractivity contribution in [2.75, 3.05) is 0 Å². The first-order valence-corrected chi connectivity index (χ1v) is 0. The van der Waals surface area contributed by atoms with Gasteiger partial charge in [0.05, 0.1) is 0 Å². The van der Waals surface area contributed by atoms with Crippen molar-refractivity contribution in [2.45, 2.75) is 7.43 Å². The molecule has 0 aromatic heterocycles. The quantitative estimate of drug-likeness (QED) is 0.344. The molecule has 0 nitrogen and oxygen atoms in total. The van der Waals surface area contributed by atoms with Crippen molar-refractivity contribution in [1.29, 1.82) is 0 Å². The summed E-state index contributed by atoms with van der Waals surface area (Å²) in [5.41, 5.74) is 0. The number of hydrogen-bond acceptors (Lipinski definition) is 0. The smallest absolute Gasteiger partial charge is 0 e. The van der Waals surface area contributed by atoms with Gasteiger partial charge in [-0.15, -0.1) is 0 Å². The molecule has 1 unspecified atom stereocenters. The van der Waals surface area contributed by atoms with E-state index in [0.717, 1.165) is 0 Å². The van der Waals surface area contributed by atoms with E-state index in [1.54, 1.807) is 0 Å². The Morgan fingerprint density at radius 1 is 1.00 bits per heavy atom. The Morgan fingerprint density at radius 2 is 1.00 bits per heavy atom. The van der Waals surface area contributed by atoms with Crippen molar-refractivity contribution in [3.05, 3.63) is 0 Å². The van der Waals surface area contributed by atoms with Crippen LogP contribution >= 0.6 is 9.90 Å². The maximum Gasteiger partial charge on any atom is 0 e. The molecule has 0 spiro atoms. The van der Waals surface area contributed by atoms with Gasteiger partial charge in [0.15, 0.2) is 0 Å². The average Bonchev–Trinajstić information content (AvgIpc) is 0. The van der Waals surface area contributed by atoms with Crippen molar-refractivity contribution in [3.63, 3.8) is 0 Å². The van der Waals surface area contributed by atoms with Crippen LogP contribution in [0, 0.1) is 0 Å². The SMILES string of the molecule is C.P.[Co].[Cr].[Fe].[Mn].[Si].[W]. The van der Waals surface area contributed by atoms with Crippen LogP contribution in [0.3, 0.4) is 0 Å². The van der Waals surface area contributed by atoms with Gasteiger partial charge in [-0.05, 0) is 0 Å². The Hall–Kier alpha value is 3.41. The van der Waals surface area contributed by atoms with Crippen LogP contribution in [0.25, 0.3) is 0 Å². The summed E-state index contributed by atoms with van der Waals surface area (Å²) in [6, 6.07) is 0. The maximum absolute atomic E-state index is 0. The van der Waals surface area contributed by atoms with E-state index in [1.807, 2.05) is 0 Å². The Balaban J connectivity index is 0. The van der Waals surface area contributed by atoms with E-state index >= 15 is 0 Å². The Kier molecular flexibility index (Phi) is 1050. The fraction of sp³-hybridized carbons (Fsp3) is 1.00. The third-order valence-electron chi connectivity index (χ3n) is 0. The zero-order chi connectivity index (χ0) is 0. The van der Waals surface area contributed by atoms with Crippen molar-refractivity contribution < 1.29 is 89.3 Å². The van der Waals surface area contributed by atoms with Crippen molar-refractivity contribution in [1.82, 2.24) is 0 Å². The predicted octanol–water partition coefficient (Wildman–Crippen LogP) is 0.301. The molecule has 0 saturated heterocycles. The molecule has 1 atom stereocenters. The summed E-state index contributed by atoms with van der Waals surface area (Å²) in [4.78, 5) is 0. The maximum atomic E-state index is 0. The molecular weight excluding hydrogens is 477 g/mol. The normalized spacial score (nSPS) is 0. The van der Waals surface area contributed by atoms with Gasteiger partial charge in [0.2, 0.25) is 0 Å². The third-order valence-corrected chi connectivity index (χ3v) is 0. The van der Waals surface area contributed by atoms with Gasteiger partial charge in [-0.2, -0.15) is 9.90 Å². The summed E-state index contributed by atoms with van der Waals surface area (Å²) in [5, 5.41) is 0. The van der Waals surface area contributed by atoms with E-state index < -0.39 is 0 Å². The van der Waals surface area contributed by atoms with Crippen molar-refractivity contribution >= 4 is 20.9 Å². The summed E-state index contributed by atoms with van der Waals surface area (Å²) >= 11 is 0. The largest absolute Gasteiger partial charge is 0.153 e. The molecule has 7 heteroatoms. The summed E-state index contributed by atoms with van der Waals surface area (Å²) in [7, 11) is 0. The molecule has 0 aromatic rings. The molecule has 0 heterocycles. The van der Waals surface area contributed by atoms with Crippen LogP contribution in [-0.4, -0.2) is 11.0 Å². The van der Waals surface area contributed by atoms with E-state index in [-0.39, 0.29) is 118 Å². The third kappa shape index (κ3) is 57.2. The molecule has 0 N–H and O–H groups in total. The summed E-state index contributed by atoms with van der Waals surface area (Å²) < 4.78 is 0. The van der Waals surface area contributed by atoms with Crippen LogP contribution in [0.4, 0.5) is 0 Å². The molecule has 0 aliphatic heterocycles. The molecule has 0 bridgehead atoms. The molecule has 0 fully saturated rings. The summed E-state index contributed by atoms with van der Waals surface area (Å²) in [6.45, 7) is 0. The second-order valence-corrected chi connectivity index (χ2v) is 0. The second kappa shape index (κ2) is 79.2. The first-order chi connectivity index (χ1) is 0. The molecule has 0 saturated carbocycles. The van der Waals surface area contributed by atoms with E-state index in [9.17, 15) is 0 Å². The van der Waals surface area contributed by atoms with E-state index in [1.165, 1.54) is 0 Å². The second-order valence-electron chi connectivity index (χ2n) is 0. The minimum atomic E-state index is 0. The number of hydrogen-bond donors (Lipinski definition) is 0. The summed E-state index contributed by atoms with van der Waals surface area (Å²) in [6.07, 6.45) is 0. The van der Waals surface area contributed by atoms with Gasteiger partial charge in [-0.3, -0.25) is 0 Å². The molecule has 0 aromatic carbocycles. The topological polar surface area (TPSA) is 0 Å². The van der Waals surface area contributed by atoms with Crippen LogP contribution in [-0.2, 0) is 89.3 Å². The van der Waals surface area contributed by atoms with Crippen LogP contribution in [0.5, 0.6) is 0 Å². The van der Waals surface area contributed by atoms with Gasteiger partial charge in [0, 0.05) is 100 Å². The summed E-state index contributed by atoms with van der Waals surface area (Å²) in [5.74, 6) is 0. The van der Waals surface area contributed by atoms with Gasteiger partial charge in [-0.25, -0.2) is 0 Å². The molecule has 0 amide bonds. The molecule has 56 valence electrons. The molecule has 6 radical (unpaired) electrons. The molecule has 0 rings (SSSR count). The van der Waals surface area contributed by atoms with E-state index in [0.29, 0.717) is 0 Å². The Labute approximate surface area is 116 Å². The molecule has 0 aliphatic carbocycles. The van der Waals surface area contributed by atoms with E-state index in [4.69, 9.17) is 0 Å². The van der Waals surface area contributed by atoms with Crippen LogP contribution in [0.2, 0.25) is 0 Å². The van der Waals surface area contributed by atoms with Gasteiger partial charge in [0.1, 0.15) is 0 Å². The first kappa shape index (κ1) is 106. The first-order valence-electron chi connectivity index (χ1n) is 0. The molecule has 0 aliphatic rings. The van der Waals surface area contributed by atoms with Gasteiger partial charge < -0.3 is 0 Å². The molecular formula is CH7CoCrFeMnPSiW. The van der Waals surface area contributed by atoms with Crippen molar-refractivity contribution in [2.24, 2.45) is 0 Å². The molecule has 8 heavy (non-hydrogen) atoms. The fourth-order valence-electron chi connectivity index (χ4n) is 0. The fourth-order valence-corrected chi connectivity index (χ4v) is 0. The monoisotopic (exact) mass is 484 g/mol. The van der Waals surface area contributed by atoms with Gasteiger partial charge in [-0.1, -0.05) is 7.43 Å². The standard InChI is InChI=1S/CH4.Co.Cr.Fe.Mn.H3P.Si.W/h1H4;;;;;1H3;;. The zero-order valence-electron chi connectivity index (χ0n) is 3.09. The van der Waals surface area contributed by atoms with E-state index in [2.05, 4.69) is 0 Å². The Bertz CT molecular complexity index is 24.0. The van der Waals surface area contributed by atoms with Crippen LogP contribution < -0.4 is 0 Å². The predicted molar refractivity (Wildman–Crippen MR) is 23.6 cm³/mol. The van der Waals surface area contributed by atoms with Gasteiger partial charge in [0.25, 0.3) is 0 Å². The Morgan fingerprint density at radius 3 is 1.00 bits per heavy atom. The average molecular weight is 484 g/mol. The van der Waals surface area contributed by atoms with Crippen molar-refractivity contribution in [3.8, 4) is 0 Å². The van der Waals surface area contributed by atoms with Gasteiger partial charge >= 0.3 is 0 Å². The minimum Gasteiger partial charge on any atom is -0.153 e. The zero-order valence-corrected chi connectivity index (χ0v) is 13.0. The van der Waals surface area contributed by atoms with Crippen LogP contribution in [0.15, 0.2) is 0 Å². The van der Waals surface area contributed by atoms with Crippen LogP contribution in [0.1, 0.15) is 7.43 Å². The minimum absolute atomic E-state index is 0.